The summed E-state index contributed by atoms with van der Waals surface area (Å²) in [5.41, 5.74) is 1.53. The fraction of sp³-hybridized carbons (Fsp3) is 0.250. The smallest absolute Gasteiger partial charge is 0.272 e. The summed E-state index contributed by atoms with van der Waals surface area (Å²) in [6.07, 6.45) is 0.313. The Balaban J connectivity index is 1.80. The van der Waals surface area contributed by atoms with Gasteiger partial charge in [-0.25, -0.2) is 0 Å². The second kappa shape index (κ2) is 8.09. The summed E-state index contributed by atoms with van der Waals surface area (Å²) in [5, 5.41) is 13.5. The topological polar surface area (TPSA) is 119 Å². The number of nitro benzene ring substituents is 1. The number of hydrogen-bond donors (Lipinski definition) is 1. The molecule has 0 atom stereocenters. The molecule has 2 aromatic rings. The lowest BCUT2D eigenvalue weighted by Crippen LogP contribution is -2.43. The molecule has 0 saturated heterocycles. The van der Waals surface area contributed by atoms with Crippen molar-refractivity contribution in [3.8, 4) is 5.75 Å². The number of benzene rings is 2. The average Bonchev–Trinajstić information content (AvgIpc) is 2.69. The average molecular weight is 397 g/mol. The summed E-state index contributed by atoms with van der Waals surface area (Å²) in [6, 6.07) is 9.00. The molecule has 0 aromatic heterocycles. The Morgan fingerprint density at radius 3 is 2.66 bits per heavy atom. The van der Waals surface area contributed by atoms with Crippen LogP contribution in [-0.2, 0) is 9.59 Å². The number of amides is 2. The number of nitrogens with zero attached hydrogens (tertiary/aromatic N) is 2. The van der Waals surface area contributed by atoms with E-state index >= 15 is 0 Å². The first kappa shape index (κ1) is 20.0. The van der Waals surface area contributed by atoms with E-state index in [0.717, 1.165) is 0 Å². The number of anilines is 2. The minimum Gasteiger partial charge on any atom is -0.482 e. The van der Waals surface area contributed by atoms with Crippen molar-refractivity contribution in [2.45, 2.75) is 20.3 Å². The third kappa shape index (κ3) is 4.23. The number of aryl methyl sites for hydroxylation is 1. The maximum atomic E-state index is 12.5. The van der Waals surface area contributed by atoms with Crippen molar-refractivity contribution >= 4 is 34.7 Å². The van der Waals surface area contributed by atoms with Crippen LogP contribution in [0.4, 0.5) is 17.1 Å². The van der Waals surface area contributed by atoms with E-state index in [1.807, 2.05) is 0 Å². The van der Waals surface area contributed by atoms with Gasteiger partial charge in [0, 0.05) is 29.3 Å². The van der Waals surface area contributed by atoms with Crippen molar-refractivity contribution in [3.63, 3.8) is 0 Å². The van der Waals surface area contributed by atoms with Gasteiger partial charge in [-0.1, -0.05) is 6.92 Å². The Morgan fingerprint density at radius 1 is 1.24 bits per heavy atom. The van der Waals surface area contributed by atoms with Crippen LogP contribution in [0.1, 0.15) is 29.3 Å². The van der Waals surface area contributed by atoms with E-state index in [-0.39, 0.29) is 24.6 Å². The minimum absolute atomic E-state index is 0.0478. The van der Waals surface area contributed by atoms with Crippen LogP contribution in [0.25, 0.3) is 0 Å². The highest BCUT2D eigenvalue weighted by Gasteiger charge is 2.28. The van der Waals surface area contributed by atoms with Gasteiger partial charge in [0.1, 0.15) is 12.3 Å². The Hall–Kier alpha value is -3.75. The summed E-state index contributed by atoms with van der Waals surface area (Å²) in [5.74, 6) is -0.562. The van der Waals surface area contributed by atoms with E-state index in [1.54, 1.807) is 32.0 Å². The van der Waals surface area contributed by atoms with Crippen LogP contribution < -0.4 is 15.0 Å². The second-order valence-electron chi connectivity index (χ2n) is 6.53. The zero-order valence-electron chi connectivity index (χ0n) is 15.9. The van der Waals surface area contributed by atoms with Gasteiger partial charge < -0.3 is 10.1 Å². The summed E-state index contributed by atoms with van der Waals surface area (Å²) in [7, 11) is 0. The van der Waals surface area contributed by atoms with E-state index in [9.17, 15) is 24.5 Å². The lowest BCUT2D eigenvalue weighted by Gasteiger charge is -2.29. The molecule has 9 nitrogen and oxygen atoms in total. The molecule has 150 valence electrons. The first-order valence-electron chi connectivity index (χ1n) is 8.95. The highest BCUT2D eigenvalue weighted by Crippen LogP contribution is 2.33. The highest BCUT2D eigenvalue weighted by atomic mass is 16.6. The Morgan fingerprint density at radius 2 is 2.00 bits per heavy atom. The molecule has 2 amide bonds. The van der Waals surface area contributed by atoms with Crippen LogP contribution in [0, 0.1) is 17.0 Å². The molecule has 29 heavy (non-hydrogen) atoms. The molecule has 0 spiro atoms. The predicted octanol–water partition coefficient (Wildman–Crippen LogP) is 2.86. The lowest BCUT2D eigenvalue weighted by molar-refractivity contribution is -0.385. The van der Waals surface area contributed by atoms with Crippen LogP contribution in [0.2, 0.25) is 0 Å². The first-order chi connectivity index (χ1) is 13.8. The normalized spacial score (nSPS) is 12.8. The molecule has 0 fully saturated rings. The van der Waals surface area contributed by atoms with Crippen LogP contribution in [-0.4, -0.2) is 35.7 Å². The Bertz CT molecular complexity index is 1020. The predicted molar refractivity (Wildman–Crippen MR) is 105 cm³/mol. The third-order valence-corrected chi connectivity index (χ3v) is 4.52. The standard InChI is InChI=1S/C20H19N3O6/c1-3-17(24)13-4-7-18-16(9-13)22(20(26)11-29-18)10-19(25)21-14-5-6-15(23(27)28)12(2)8-14/h4-9H,3,10-11H2,1-2H3,(H,21,25). The van der Waals surface area contributed by atoms with Gasteiger partial charge >= 0.3 is 0 Å². The maximum absolute atomic E-state index is 12.5. The van der Waals surface area contributed by atoms with Crippen LogP contribution in [0.3, 0.4) is 0 Å². The van der Waals surface area contributed by atoms with Crippen LogP contribution in [0.15, 0.2) is 36.4 Å². The summed E-state index contributed by atoms with van der Waals surface area (Å²) >= 11 is 0. The number of carbonyl (C=O) groups is 3. The number of Topliss-reactive ketones (excluding diaryl/α,β-unsaturated/α-hetero) is 1. The molecule has 0 unspecified atom stereocenters. The molecule has 0 radical (unpaired) electrons. The van der Waals surface area contributed by atoms with Crippen molar-refractivity contribution in [2.24, 2.45) is 0 Å². The van der Waals surface area contributed by atoms with Crippen LogP contribution in [0.5, 0.6) is 5.75 Å². The summed E-state index contributed by atoms with van der Waals surface area (Å²) in [6.45, 7) is 2.82. The Kier molecular flexibility index (Phi) is 5.58. The van der Waals surface area contributed by atoms with Crippen LogP contribution >= 0.6 is 0 Å². The molecule has 1 heterocycles. The van der Waals surface area contributed by atoms with Gasteiger partial charge in [-0.05, 0) is 37.3 Å². The van der Waals surface area contributed by atoms with Gasteiger partial charge in [0.2, 0.25) is 5.91 Å². The molecular formula is C20H19N3O6. The van der Waals surface area contributed by atoms with E-state index < -0.39 is 16.7 Å². The second-order valence-corrected chi connectivity index (χ2v) is 6.53. The number of hydrogen-bond acceptors (Lipinski definition) is 6. The number of nitro groups is 1. The fourth-order valence-electron chi connectivity index (χ4n) is 3.04. The molecule has 0 aliphatic carbocycles. The highest BCUT2D eigenvalue weighted by molar-refractivity contribution is 6.06. The molecule has 1 aliphatic rings. The molecule has 1 N–H and O–H groups in total. The Labute approximate surface area is 166 Å². The van der Waals surface area contributed by atoms with Crippen molar-refractivity contribution in [1.82, 2.24) is 0 Å². The zero-order valence-corrected chi connectivity index (χ0v) is 15.9. The minimum atomic E-state index is -0.501. The van der Waals surface area contributed by atoms with Gasteiger partial charge in [-0.15, -0.1) is 0 Å². The lowest BCUT2D eigenvalue weighted by atomic mass is 10.1. The molecule has 0 saturated carbocycles. The van der Waals surface area contributed by atoms with E-state index in [4.69, 9.17) is 4.74 Å². The zero-order chi connectivity index (χ0) is 21.1. The van der Waals surface area contributed by atoms with Crippen molar-refractivity contribution in [3.05, 3.63) is 57.6 Å². The molecule has 3 rings (SSSR count). The third-order valence-electron chi connectivity index (χ3n) is 4.52. The van der Waals surface area contributed by atoms with Gasteiger partial charge in [0.15, 0.2) is 12.4 Å². The van der Waals surface area contributed by atoms with Crippen molar-refractivity contribution in [1.29, 1.82) is 0 Å². The molecule has 1 aliphatic heterocycles. The summed E-state index contributed by atoms with van der Waals surface area (Å²) in [4.78, 5) is 48.5. The van der Waals surface area contributed by atoms with E-state index in [2.05, 4.69) is 5.32 Å². The van der Waals surface area contributed by atoms with Crippen molar-refractivity contribution in [2.75, 3.05) is 23.4 Å². The van der Waals surface area contributed by atoms with E-state index in [1.165, 1.54) is 23.1 Å². The molecular weight excluding hydrogens is 378 g/mol. The number of ketones is 1. The van der Waals surface area contributed by atoms with Gasteiger partial charge in [0.05, 0.1) is 10.6 Å². The SMILES string of the molecule is CCC(=O)c1ccc2c(c1)N(CC(=O)Nc1ccc([N+](=O)[O-])c(C)c1)C(=O)CO2. The number of fused-ring (bicyclic) bond motifs is 1. The number of ether oxygens (including phenoxy) is 1. The number of nitrogens with one attached hydrogen (secondary N) is 1. The molecule has 0 bridgehead atoms. The maximum Gasteiger partial charge on any atom is 0.272 e. The van der Waals surface area contributed by atoms with Gasteiger partial charge in [-0.3, -0.25) is 29.4 Å². The van der Waals surface area contributed by atoms with Gasteiger partial charge in [-0.2, -0.15) is 0 Å². The number of rotatable bonds is 6. The van der Waals surface area contributed by atoms with Crippen molar-refractivity contribution < 1.29 is 24.0 Å². The largest absolute Gasteiger partial charge is 0.482 e. The fourth-order valence-corrected chi connectivity index (χ4v) is 3.04. The van der Waals surface area contributed by atoms with E-state index in [0.29, 0.717) is 34.7 Å². The quantitative estimate of drug-likeness (QED) is 0.455. The first-order valence-corrected chi connectivity index (χ1v) is 8.95. The molecule has 9 heteroatoms. The monoisotopic (exact) mass is 397 g/mol. The number of carbonyl (C=O) groups excluding carboxylic acids is 3. The van der Waals surface area contributed by atoms with Gasteiger partial charge in [0.25, 0.3) is 11.6 Å². The summed E-state index contributed by atoms with van der Waals surface area (Å²) < 4.78 is 5.39. The molecule has 2 aromatic carbocycles.